The molecule has 1 aromatic carbocycles. The fraction of sp³-hybridized carbons (Fsp3) is 0.632. The smallest absolute Gasteiger partial charge is 0.227 e. The van der Waals surface area contributed by atoms with Gasteiger partial charge in [-0.15, -0.1) is 0 Å². The number of carbonyl (C=O) groups is 1. The van der Waals surface area contributed by atoms with Crippen molar-refractivity contribution in [2.24, 2.45) is 5.92 Å². The second kappa shape index (κ2) is 8.72. The number of hydrogen-bond acceptors (Lipinski definition) is 3. The first-order chi connectivity index (χ1) is 12.0. The molecule has 2 fully saturated rings. The van der Waals surface area contributed by atoms with Gasteiger partial charge >= 0.3 is 0 Å². The second-order valence-electron chi connectivity index (χ2n) is 7.17. The Labute approximate surface area is 159 Å². The lowest BCUT2D eigenvalue weighted by Crippen LogP contribution is -2.46. The van der Waals surface area contributed by atoms with Gasteiger partial charge in [0, 0.05) is 47.9 Å². The molecule has 0 aromatic heterocycles. The van der Waals surface area contributed by atoms with Crippen molar-refractivity contribution in [2.75, 3.05) is 32.8 Å². The van der Waals surface area contributed by atoms with E-state index < -0.39 is 0 Å². The van der Waals surface area contributed by atoms with Crippen molar-refractivity contribution in [3.8, 4) is 0 Å². The molecule has 2 saturated heterocycles. The average Bonchev–Trinajstić information content (AvgIpc) is 3.09. The minimum absolute atomic E-state index is 0.00218. The summed E-state index contributed by atoms with van der Waals surface area (Å²) in [5.41, 5.74) is 0.710. The number of nitrogens with one attached hydrogen (secondary N) is 1. The number of rotatable bonds is 5. The molecule has 25 heavy (non-hydrogen) atoms. The van der Waals surface area contributed by atoms with Crippen LogP contribution in [-0.2, 0) is 9.53 Å². The van der Waals surface area contributed by atoms with Crippen molar-refractivity contribution >= 4 is 29.1 Å². The molecule has 2 atom stereocenters. The lowest BCUT2D eigenvalue weighted by Gasteiger charge is -2.34. The number of hydrogen-bond donors (Lipinski definition) is 1. The van der Waals surface area contributed by atoms with E-state index in [4.69, 9.17) is 27.9 Å². The number of halogens is 2. The summed E-state index contributed by atoms with van der Waals surface area (Å²) in [6, 6.07) is 5.58. The zero-order chi connectivity index (χ0) is 17.8. The predicted octanol–water partition coefficient (Wildman–Crippen LogP) is 3.71. The number of ether oxygens (including phenoxy) is 1. The van der Waals surface area contributed by atoms with Crippen LogP contribution in [0, 0.1) is 5.92 Å². The molecule has 2 aliphatic heterocycles. The fourth-order valence-electron chi connectivity index (χ4n) is 3.73. The number of benzene rings is 1. The van der Waals surface area contributed by atoms with Crippen molar-refractivity contribution in [1.29, 1.82) is 0 Å². The molecule has 0 spiro atoms. The normalized spacial score (nSPS) is 23.6. The van der Waals surface area contributed by atoms with Gasteiger partial charge in [0.25, 0.3) is 0 Å². The Hall–Kier alpha value is -0.810. The van der Waals surface area contributed by atoms with Crippen LogP contribution in [0.2, 0.25) is 10.0 Å². The van der Waals surface area contributed by atoms with Crippen LogP contribution >= 0.6 is 23.2 Å². The van der Waals surface area contributed by atoms with Crippen LogP contribution in [0.1, 0.15) is 37.7 Å². The van der Waals surface area contributed by atoms with E-state index in [2.05, 4.69) is 10.2 Å². The Bertz CT molecular complexity index is 577. The molecule has 1 aromatic rings. The molecule has 2 aliphatic rings. The van der Waals surface area contributed by atoms with Gasteiger partial charge in [-0.05, 0) is 44.2 Å². The topological polar surface area (TPSA) is 41.6 Å². The Morgan fingerprint density at radius 3 is 2.56 bits per heavy atom. The minimum atomic E-state index is -0.352. The van der Waals surface area contributed by atoms with Gasteiger partial charge in [0.05, 0.1) is 12.5 Å². The Morgan fingerprint density at radius 1 is 1.28 bits per heavy atom. The molecular formula is C19H26Cl2N2O2. The van der Waals surface area contributed by atoms with Crippen molar-refractivity contribution in [1.82, 2.24) is 10.2 Å². The van der Waals surface area contributed by atoms with E-state index in [1.807, 2.05) is 6.92 Å². The summed E-state index contributed by atoms with van der Waals surface area (Å²) in [5.74, 6) is 0.320. The number of nitrogens with zero attached hydrogens (tertiary/aromatic N) is 1. The summed E-state index contributed by atoms with van der Waals surface area (Å²) in [5, 5.41) is 4.27. The predicted molar refractivity (Wildman–Crippen MR) is 101 cm³/mol. The lowest BCUT2D eigenvalue weighted by molar-refractivity contribution is -0.123. The van der Waals surface area contributed by atoms with Crippen molar-refractivity contribution in [3.05, 3.63) is 33.8 Å². The summed E-state index contributed by atoms with van der Waals surface area (Å²) < 4.78 is 5.45. The molecule has 4 nitrogen and oxygen atoms in total. The monoisotopic (exact) mass is 384 g/mol. The maximum atomic E-state index is 12.6. The molecular weight excluding hydrogens is 359 g/mol. The summed E-state index contributed by atoms with van der Waals surface area (Å²) in [6.45, 7) is 6.84. The highest BCUT2D eigenvalue weighted by atomic mass is 35.5. The zero-order valence-electron chi connectivity index (χ0n) is 14.6. The van der Waals surface area contributed by atoms with Crippen LogP contribution in [0.3, 0.4) is 0 Å². The van der Waals surface area contributed by atoms with Crippen LogP contribution in [0.4, 0.5) is 0 Å². The van der Waals surface area contributed by atoms with Gasteiger partial charge in [0.15, 0.2) is 0 Å². The fourth-order valence-corrected chi connectivity index (χ4v) is 4.46. The quantitative estimate of drug-likeness (QED) is 0.840. The Morgan fingerprint density at radius 2 is 1.96 bits per heavy atom. The minimum Gasteiger partial charge on any atom is -0.381 e. The summed E-state index contributed by atoms with van der Waals surface area (Å²) in [4.78, 5) is 15.1. The lowest BCUT2D eigenvalue weighted by atomic mass is 9.97. The van der Waals surface area contributed by atoms with Crippen LogP contribution in [0.25, 0.3) is 0 Å². The number of likely N-dealkylation sites (tertiary alicyclic amines) is 1. The van der Waals surface area contributed by atoms with E-state index in [9.17, 15) is 4.79 Å². The van der Waals surface area contributed by atoms with E-state index in [1.54, 1.807) is 18.2 Å². The standard InChI is InChI=1S/C19H26Cl2N2O2/c1-13(18-16(20)3-2-4-17(18)21)19(24)22-15-5-8-23(9-6-15)11-14-7-10-25-12-14/h2-4,13-15H,5-12H2,1H3,(H,22,24). The number of carbonyl (C=O) groups excluding carboxylic acids is 1. The molecule has 0 radical (unpaired) electrons. The third-order valence-corrected chi connectivity index (χ3v) is 5.96. The van der Waals surface area contributed by atoms with Crippen LogP contribution in [0.5, 0.6) is 0 Å². The highest BCUT2D eigenvalue weighted by Gasteiger charge is 2.27. The first-order valence-electron chi connectivity index (χ1n) is 9.09. The van der Waals surface area contributed by atoms with Crippen molar-refractivity contribution in [3.63, 3.8) is 0 Å². The third-order valence-electron chi connectivity index (χ3n) is 5.30. The molecule has 2 unspecified atom stereocenters. The highest BCUT2D eigenvalue weighted by Crippen LogP contribution is 2.31. The molecule has 0 saturated carbocycles. The van der Waals surface area contributed by atoms with Crippen molar-refractivity contribution < 1.29 is 9.53 Å². The first-order valence-corrected chi connectivity index (χ1v) is 9.84. The van der Waals surface area contributed by atoms with E-state index in [1.165, 1.54) is 6.42 Å². The molecule has 2 heterocycles. The average molecular weight is 385 g/mol. The van der Waals surface area contributed by atoms with Crippen LogP contribution < -0.4 is 5.32 Å². The van der Waals surface area contributed by atoms with Gasteiger partial charge in [-0.3, -0.25) is 4.79 Å². The van der Waals surface area contributed by atoms with Crippen LogP contribution in [-0.4, -0.2) is 49.7 Å². The number of piperidine rings is 1. The van der Waals surface area contributed by atoms with Gasteiger partial charge in [-0.25, -0.2) is 0 Å². The maximum absolute atomic E-state index is 12.6. The van der Waals surface area contributed by atoms with E-state index in [0.29, 0.717) is 21.5 Å². The summed E-state index contributed by atoms with van der Waals surface area (Å²) >= 11 is 12.5. The summed E-state index contributed by atoms with van der Waals surface area (Å²) in [7, 11) is 0. The summed E-state index contributed by atoms with van der Waals surface area (Å²) in [6.07, 6.45) is 3.15. The largest absolute Gasteiger partial charge is 0.381 e. The zero-order valence-corrected chi connectivity index (χ0v) is 16.2. The second-order valence-corrected chi connectivity index (χ2v) is 7.98. The number of amides is 1. The van der Waals surface area contributed by atoms with Gasteiger partial charge < -0.3 is 15.0 Å². The molecule has 0 aliphatic carbocycles. The SMILES string of the molecule is CC(C(=O)NC1CCN(CC2CCOC2)CC1)c1c(Cl)cccc1Cl. The van der Waals surface area contributed by atoms with E-state index >= 15 is 0 Å². The Balaban J connectivity index is 1.49. The van der Waals surface area contributed by atoms with E-state index in [0.717, 1.165) is 45.7 Å². The van der Waals surface area contributed by atoms with Crippen LogP contribution in [0.15, 0.2) is 18.2 Å². The van der Waals surface area contributed by atoms with Gasteiger partial charge in [-0.1, -0.05) is 29.3 Å². The molecule has 0 bridgehead atoms. The van der Waals surface area contributed by atoms with Crippen molar-refractivity contribution in [2.45, 2.75) is 38.1 Å². The third kappa shape index (κ3) is 4.88. The molecule has 3 rings (SSSR count). The Kier molecular flexibility index (Phi) is 6.61. The van der Waals surface area contributed by atoms with E-state index in [-0.39, 0.29) is 17.9 Å². The van der Waals surface area contributed by atoms with Gasteiger partial charge in [0.1, 0.15) is 0 Å². The molecule has 6 heteroatoms. The molecule has 1 N–H and O–H groups in total. The molecule has 138 valence electrons. The maximum Gasteiger partial charge on any atom is 0.227 e. The molecule has 1 amide bonds. The van der Waals surface area contributed by atoms with Gasteiger partial charge in [0.2, 0.25) is 5.91 Å². The highest BCUT2D eigenvalue weighted by molar-refractivity contribution is 6.36. The first kappa shape index (κ1) is 19.0. The van der Waals surface area contributed by atoms with Gasteiger partial charge in [-0.2, -0.15) is 0 Å².